The molecule has 0 unspecified atom stereocenters. The minimum absolute atomic E-state index is 0.00482. The van der Waals surface area contributed by atoms with Crippen molar-refractivity contribution in [3.8, 4) is 5.75 Å². The maximum absolute atomic E-state index is 11.8. The zero-order chi connectivity index (χ0) is 14.8. The van der Waals surface area contributed by atoms with Crippen molar-refractivity contribution in [2.45, 2.75) is 17.7 Å². The van der Waals surface area contributed by atoms with Crippen LogP contribution in [0.3, 0.4) is 0 Å². The molecular formula is C12H13ClN2O3S2. The van der Waals surface area contributed by atoms with Gasteiger partial charge < -0.3 is 10.4 Å². The van der Waals surface area contributed by atoms with E-state index in [4.69, 9.17) is 11.6 Å². The van der Waals surface area contributed by atoms with Crippen LogP contribution in [-0.2, 0) is 15.7 Å². The van der Waals surface area contributed by atoms with E-state index in [-0.39, 0.29) is 16.4 Å². The number of thiazole rings is 1. The number of sulfone groups is 1. The summed E-state index contributed by atoms with van der Waals surface area (Å²) in [6, 6.07) is 4.13. The number of nitrogens with one attached hydrogen (secondary N) is 1. The highest BCUT2D eigenvalue weighted by Crippen LogP contribution is 2.31. The fraction of sp³-hybridized carbons (Fsp3) is 0.250. The summed E-state index contributed by atoms with van der Waals surface area (Å²) in [5.41, 5.74) is 1.02. The van der Waals surface area contributed by atoms with Crippen molar-refractivity contribution in [3.05, 3.63) is 29.3 Å². The molecule has 1 aromatic heterocycles. The van der Waals surface area contributed by atoms with Gasteiger partial charge >= 0.3 is 0 Å². The molecule has 1 heterocycles. The molecule has 0 aliphatic rings. The van der Waals surface area contributed by atoms with Gasteiger partial charge in [0.25, 0.3) is 0 Å². The van der Waals surface area contributed by atoms with Gasteiger partial charge in [0.15, 0.2) is 15.0 Å². The number of aromatic nitrogens is 1. The van der Waals surface area contributed by atoms with Crippen LogP contribution in [0, 0.1) is 0 Å². The number of hydrogen-bond donors (Lipinski definition) is 2. The van der Waals surface area contributed by atoms with Crippen molar-refractivity contribution in [1.29, 1.82) is 0 Å². The molecule has 0 amide bonds. The second kappa shape index (κ2) is 5.99. The number of nitrogens with zero attached hydrogens (tertiary/aromatic N) is 1. The van der Waals surface area contributed by atoms with Gasteiger partial charge in [-0.05, 0) is 18.2 Å². The molecule has 0 aliphatic heterocycles. The molecule has 20 heavy (non-hydrogen) atoms. The summed E-state index contributed by atoms with van der Waals surface area (Å²) in [5, 5.41) is 15.0. The molecule has 0 spiro atoms. The summed E-state index contributed by atoms with van der Waals surface area (Å²) < 4.78 is 23.7. The highest BCUT2D eigenvalue weighted by molar-refractivity contribution is 7.91. The van der Waals surface area contributed by atoms with Crippen molar-refractivity contribution in [1.82, 2.24) is 4.98 Å². The van der Waals surface area contributed by atoms with Gasteiger partial charge in [-0.25, -0.2) is 13.4 Å². The van der Waals surface area contributed by atoms with E-state index in [2.05, 4.69) is 10.3 Å². The Bertz CT molecular complexity index is 713. The van der Waals surface area contributed by atoms with Crippen LogP contribution in [0.4, 0.5) is 10.8 Å². The number of benzene rings is 1. The number of phenolic OH excluding ortho intramolecular Hbond substituents is 1. The summed E-state index contributed by atoms with van der Waals surface area (Å²) in [5.74, 6) is 0.266. The second-order valence-electron chi connectivity index (χ2n) is 3.99. The van der Waals surface area contributed by atoms with Gasteiger partial charge in [-0.3, -0.25) is 0 Å². The summed E-state index contributed by atoms with van der Waals surface area (Å²) in [6.45, 7) is 1.57. The molecule has 0 bridgehead atoms. The summed E-state index contributed by atoms with van der Waals surface area (Å²) in [4.78, 5) is 4.35. The molecule has 108 valence electrons. The van der Waals surface area contributed by atoms with Crippen LogP contribution in [0.25, 0.3) is 0 Å². The lowest BCUT2D eigenvalue weighted by Gasteiger charge is -2.08. The Hall–Kier alpha value is -1.31. The molecule has 2 aromatic rings. The number of alkyl halides is 1. The van der Waals surface area contributed by atoms with E-state index in [0.29, 0.717) is 16.7 Å². The molecule has 0 radical (unpaired) electrons. The smallest absolute Gasteiger partial charge is 0.187 e. The third-order valence-corrected chi connectivity index (χ3v) is 5.45. The largest absolute Gasteiger partial charge is 0.506 e. The van der Waals surface area contributed by atoms with Crippen LogP contribution in [0.5, 0.6) is 5.75 Å². The number of halogens is 1. The van der Waals surface area contributed by atoms with E-state index >= 15 is 0 Å². The molecule has 0 saturated heterocycles. The SMILES string of the molecule is CCS(=O)(=O)c1ccc(O)c(Nc2nc(CCl)cs2)c1. The first-order valence-electron chi connectivity index (χ1n) is 5.79. The quantitative estimate of drug-likeness (QED) is 0.649. The lowest BCUT2D eigenvalue weighted by Crippen LogP contribution is -2.04. The predicted octanol–water partition coefficient (Wildman–Crippen LogP) is 3.12. The summed E-state index contributed by atoms with van der Waals surface area (Å²) in [7, 11) is -3.32. The van der Waals surface area contributed by atoms with E-state index in [1.807, 2.05) is 0 Å². The zero-order valence-corrected chi connectivity index (χ0v) is 13.0. The standard InChI is InChI=1S/C12H13ClN2O3S2/c1-2-20(17,18)9-3-4-11(16)10(5-9)15-12-14-8(6-13)7-19-12/h3-5,7,16H,2,6H2,1H3,(H,14,15). The Labute approximate surface area is 126 Å². The molecule has 0 saturated carbocycles. The highest BCUT2D eigenvalue weighted by Gasteiger charge is 2.14. The Kier molecular flexibility index (Phi) is 4.52. The van der Waals surface area contributed by atoms with E-state index in [9.17, 15) is 13.5 Å². The minimum Gasteiger partial charge on any atom is -0.506 e. The average Bonchev–Trinajstić information content (AvgIpc) is 2.89. The molecule has 1 aromatic carbocycles. The van der Waals surface area contributed by atoms with Gasteiger partial charge in [0.05, 0.1) is 27.9 Å². The normalized spacial score (nSPS) is 11.5. The van der Waals surface area contributed by atoms with Gasteiger partial charge in [0.1, 0.15) is 5.75 Å². The maximum Gasteiger partial charge on any atom is 0.187 e. The zero-order valence-electron chi connectivity index (χ0n) is 10.6. The third-order valence-electron chi connectivity index (χ3n) is 2.64. The van der Waals surface area contributed by atoms with Crippen LogP contribution in [0.2, 0.25) is 0 Å². The fourth-order valence-electron chi connectivity index (χ4n) is 1.52. The van der Waals surface area contributed by atoms with Gasteiger partial charge in [-0.2, -0.15) is 0 Å². The van der Waals surface area contributed by atoms with Crippen LogP contribution in [0.15, 0.2) is 28.5 Å². The van der Waals surface area contributed by atoms with Crippen molar-refractivity contribution < 1.29 is 13.5 Å². The van der Waals surface area contributed by atoms with Crippen molar-refractivity contribution in [3.63, 3.8) is 0 Å². The molecule has 0 fully saturated rings. The fourth-order valence-corrected chi connectivity index (χ4v) is 3.37. The van der Waals surface area contributed by atoms with E-state index in [1.165, 1.54) is 29.5 Å². The lowest BCUT2D eigenvalue weighted by atomic mass is 10.3. The molecular weight excluding hydrogens is 320 g/mol. The summed E-state index contributed by atoms with van der Waals surface area (Å²) >= 11 is 7.00. The summed E-state index contributed by atoms with van der Waals surface area (Å²) in [6.07, 6.45) is 0. The molecule has 5 nitrogen and oxygen atoms in total. The first kappa shape index (κ1) is 15.1. The predicted molar refractivity (Wildman–Crippen MR) is 80.8 cm³/mol. The molecule has 8 heteroatoms. The average molecular weight is 333 g/mol. The van der Waals surface area contributed by atoms with Gasteiger partial charge in [0, 0.05) is 5.38 Å². The number of anilines is 2. The van der Waals surface area contributed by atoms with Crippen molar-refractivity contribution in [2.75, 3.05) is 11.1 Å². The van der Waals surface area contributed by atoms with Gasteiger partial charge in [-0.15, -0.1) is 22.9 Å². The Morgan fingerprint density at radius 2 is 2.20 bits per heavy atom. The number of hydrogen-bond acceptors (Lipinski definition) is 6. The Morgan fingerprint density at radius 3 is 2.80 bits per heavy atom. The molecule has 0 aliphatic carbocycles. The monoisotopic (exact) mass is 332 g/mol. The first-order valence-corrected chi connectivity index (χ1v) is 8.86. The highest BCUT2D eigenvalue weighted by atomic mass is 35.5. The second-order valence-corrected chi connectivity index (χ2v) is 7.39. The maximum atomic E-state index is 11.8. The Balaban J connectivity index is 2.34. The van der Waals surface area contributed by atoms with Gasteiger partial charge in [0.2, 0.25) is 0 Å². The van der Waals surface area contributed by atoms with Crippen LogP contribution in [0.1, 0.15) is 12.6 Å². The molecule has 2 N–H and O–H groups in total. The lowest BCUT2D eigenvalue weighted by molar-refractivity contribution is 0.477. The van der Waals surface area contributed by atoms with E-state index < -0.39 is 9.84 Å². The van der Waals surface area contributed by atoms with Crippen molar-refractivity contribution >= 4 is 43.6 Å². The number of aromatic hydroxyl groups is 1. The van der Waals surface area contributed by atoms with E-state index in [0.717, 1.165) is 5.69 Å². The van der Waals surface area contributed by atoms with E-state index in [1.54, 1.807) is 12.3 Å². The molecule has 2 rings (SSSR count). The van der Waals surface area contributed by atoms with Crippen LogP contribution >= 0.6 is 22.9 Å². The minimum atomic E-state index is -3.32. The molecule has 0 atom stereocenters. The Morgan fingerprint density at radius 1 is 1.45 bits per heavy atom. The number of rotatable bonds is 5. The number of phenols is 1. The van der Waals surface area contributed by atoms with Crippen molar-refractivity contribution in [2.24, 2.45) is 0 Å². The van der Waals surface area contributed by atoms with Crippen LogP contribution in [-0.4, -0.2) is 24.3 Å². The van der Waals surface area contributed by atoms with Gasteiger partial charge in [-0.1, -0.05) is 6.92 Å². The topological polar surface area (TPSA) is 79.3 Å². The van der Waals surface area contributed by atoms with Crippen LogP contribution < -0.4 is 5.32 Å². The third kappa shape index (κ3) is 3.23. The first-order chi connectivity index (χ1) is 9.46.